The molecule has 0 saturated heterocycles. The van der Waals surface area contributed by atoms with Crippen LogP contribution in [-0.4, -0.2) is 19.3 Å². The quantitative estimate of drug-likeness (QED) is 0.853. The minimum atomic E-state index is -2.55. The maximum absolute atomic E-state index is 9.64. The largest absolute Gasteiger partial charge is 0.508 e. The normalized spacial score (nSPS) is 13.6. The third kappa shape index (κ3) is 3.52. The van der Waals surface area contributed by atoms with Crippen LogP contribution in [-0.2, 0) is 0 Å². The molecule has 2 aromatic rings. The van der Waals surface area contributed by atoms with E-state index in [4.69, 9.17) is 13.6 Å². The highest BCUT2D eigenvalue weighted by molar-refractivity contribution is 5.71. The van der Waals surface area contributed by atoms with Crippen LogP contribution in [0.4, 0.5) is 0 Å². The highest BCUT2D eigenvalue weighted by Crippen LogP contribution is 2.23. The molecule has 2 aromatic carbocycles. The number of aromatic hydroxyl groups is 1. The number of methoxy groups -OCH3 is 2. The van der Waals surface area contributed by atoms with Gasteiger partial charge >= 0.3 is 0 Å². The minimum Gasteiger partial charge on any atom is -0.508 e. The third-order valence-electron chi connectivity index (χ3n) is 2.62. The van der Waals surface area contributed by atoms with Gasteiger partial charge in [0.25, 0.3) is 0 Å². The number of phenolic OH excluding ortho intramolecular Hbond substituents is 1. The van der Waals surface area contributed by atoms with Crippen molar-refractivity contribution in [1.82, 2.24) is 0 Å². The molecule has 0 spiro atoms. The van der Waals surface area contributed by atoms with E-state index in [0.29, 0.717) is 5.56 Å². The predicted molar refractivity (Wildman–Crippen MR) is 76.6 cm³/mol. The summed E-state index contributed by atoms with van der Waals surface area (Å²) in [5.41, 5.74) is 1.58. The first-order valence-electron chi connectivity index (χ1n) is 7.21. The third-order valence-corrected chi connectivity index (χ3v) is 2.62. The minimum absolute atomic E-state index is 0.0591. The van der Waals surface area contributed by atoms with E-state index in [9.17, 15) is 5.11 Å². The van der Waals surface area contributed by atoms with Crippen LogP contribution in [0, 0.1) is 0 Å². The fourth-order valence-corrected chi connectivity index (χ4v) is 1.67. The van der Waals surface area contributed by atoms with Crippen molar-refractivity contribution in [3.05, 3.63) is 53.6 Å². The standard InChI is InChI=1S/C16H16O3/c1-18-15-7-5-12(6-8-15)3-4-13-9-14(17)11-16(10-13)19-2/h3-11,17H,1-2H3/b4-3+/i2D3. The van der Waals surface area contributed by atoms with Gasteiger partial charge in [-0.3, -0.25) is 0 Å². The van der Waals surface area contributed by atoms with Crippen molar-refractivity contribution in [2.24, 2.45) is 0 Å². The first-order chi connectivity index (χ1) is 10.4. The van der Waals surface area contributed by atoms with Crippen LogP contribution < -0.4 is 9.47 Å². The summed E-state index contributed by atoms with van der Waals surface area (Å²) in [7, 11) is -0.950. The van der Waals surface area contributed by atoms with E-state index in [1.807, 2.05) is 30.3 Å². The molecule has 0 radical (unpaired) electrons. The summed E-state index contributed by atoms with van der Waals surface area (Å²) in [4.78, 5) is 0. The van der Waals surface area contributed by atoms with Gasteiger partial charge in [0.05, 0.1) is 18.3 Å². The zero-order valence-electron chi connectivity index (χ0n) is 13.5. The van der Waals surface area contributed by atoms with Gasteiger partial charge in [-0.15, -0.1) is 0 Å². The smallest absolute Gasteiger partial charge is 0.123 e. The van der Waals surface area contributed by atoms with E-state index in [-0.39, 0.29) is 11.5 Å². The van der Waals surface area contributed by atoms with Crippen LogP contribution >= 0.6 is 0 Å². The predicted octanol–water partition coefficient (Wildman–Crippen LogP) is 3.58. The Hall–Kier alpha value is -2.42. The lowest BCUT2D eigenvalue weighted by molar-refractivity contribution is 0.407. The molecule has 0 aliphatic carbocycles. The van der Waals surface area contributed by atoms with Gasteiger partial charge in [-0.2, -0.15) is 0 Å². The number of ether oxygens (including phenoxy) is 2. The van der Waals surface area contributed by atoms with Gasteiger partial charge in [0.2, 0.25) is 0 Å². The molecule has 0 fully saturated rings. The van der Waals surface area contributed by atoms with Gasteiger partial charge in [-0.05, 0) is 35.4 Å². The molecule has 0 bridgehead atoms. The van der Waals surface area contributed by atoms with Crippen molar-refractivity contribution >= 4 is 12.2 Å². The van der Waals surface area contributed by atoms with Gasteiger partial charge in [-0.25, -0.2) is 0 Å². The molecule has 98 valence electrons. The molecule has 0 aromatic heterocycles. The Labute approximate surface area is 116 Å². The zero-order valence-corrected chi connectivity index (χ0v) is 10.5. The molecule has 0 aliphatic heterocycles. The zero-order chi connectivity index (χ0) is 16.2. The number of hydrogen-bond donors (Lipinski definition) is 1. The molecule has 3 nitrogen and oxygen atoms in total. The van der Waals surface area contributed by atoms with Gasteiger partial charge in [0.1, 0.15) is 17.2 Å². The van der Waals surface area contributed by atoms with E-state index in [2.05, 4.69) is 0 Å². The number of benzene rings is 2. The molecule has 0 unspecified atom stereocenters. The summed E-state index contributed by atoms with van der Waals surface area (Å²) in [5, 5.41) is 9.64. The molecule has 19 heavy (non-hydrogen) atoms. The molecular weight excluding hydrogens is 240 g/mol. The maximum atomic E-state index is 9.64. The highest BCUT2D eigenvalue weighted by Gasteiger charge is 1.97. The molecule has 0 heterocycles. The second kappa shape index (κ2) is 5.96. The van der Waals surface area contributed by atoms with Gasteiger partial charge in [0.15, 0.2) is 0 Å². The van der Waals surface area contributed by atoms with E-state index >= 15 is 0 Å². The molecular formula is C16H16O3. The summed E-state index contributed by atoms with van der Waals surface area (Å²) >= 11 is 0. The Morgan fingerprint density at radius 1 is 0.947 bits per heavy atom. The molecule has 1 N–H and O–H groups in total. The van der Waals surface area contributed by atoms with Crippen molar-refractivity contribution in [1.29, 1.82) is 0 Å². The lowest BCUT2D eigenvalue weighted by Crippen LogP contribution is -1.83. The highest BCUT2D eigenvalue weighted by atomic mass is 16.5. The lowest BCUT2D eigenvalue weighted by Gasteiger charge is -2.03. The summed E-state index contributed by atoms with van der Waals surface area (Å²) in [6, 6.07) is 11.8. The van der Waals surface area contributed by atoms with Crippen molar-refractivity contribution in [3.8, 4) is 17.2 Å². The van der Waals surface area contributed by atoms with Gasteiger partial charge < -0.3 is 14.6 Å². The summed E-state index contributed by atoms with van der Waals surface area (Å²) in [6.45, 7) is 0. The van der Waals surface area contributed by atoms with Crippen LogP contribution in [0.3, 0.4) is 0 Å². The average Bonchev–Trinajstić information content (AvgIpc) is 2.43. The monoisotopic (exact) mass is 259 g/mol. The Bertz CT molecular complexity index is 661. The Balaban J connectivity index is 2.19. The van der Waals surface area contributed by atoms with E-state index < -0.39 is 7.04 Å². The SMILES string of the molecule is [2H]C([2H])([2H])Oc1cc(O)cc(/C=C/c2ccc(OC)cc2)c1. The Morgan fingerprint density at radius 2 is 1.68 bits per heavy atom. The molecule has 0 aliphatic rings. The fourth-order valence-electron chi connectivity index (χ4n) is 1.67. The first-order valence-corrected chi connectivity index (χ1v) is 5.71. The average molecular weight is 259 g/mol. The van der Waals surface area contributed by atoms with Crippen LogP contribution in [0.15, 0.2) is 42.5 Å². The van der Waals surface area contributed by atoms with Crippen LogP contribution in [0.5, 0.6) is 17.2 Å². The Kier molecular flexibility index (Phi) is 2.98. The van der Waals surface area contributed by atoms with E-state index in [1.165, 1.54) is 12.1 Å². The molecule has 0 saturated carbocycles. The molecule has 2 rings (SSSR count). The molecule has 3 heteroatoms. The summed E-state index contributed by atoms with van der Waals surface area (Å²) in [6.07, 6.45) is 3.60. The lowest BCUT2D eigenvalue weighted by atomic mass is 10.1. The number of rotatable bonds is 4. The van der Waals surface area contributed by atoms with Crippen LogP contribution in [0.2, 0.25) is 0 Å². The van der Waals surface area contributed by atoms with E-state index in [1.54, 1.807) is 19.3 Å². The van der Waals surface area contributed by atoms with E-state index in [0.717, 1.165) is 11.3 Å². The first kappa shape index (κ1) is 9.50. The van der Waals surface area contributed by atoms with Crippen molar-refractivity contribution < 1.29 is 18.7 Å². The van der Waals surface area contributed by atoms with Gasteiger partial charge in [-0.1, -0.05) is 24.3 Å². The van der Waals surface area contributed by atoms with Crippen molar-refractivity contribution in [3.63, 3.8) is 0 Å². The van der Waals surface area contributed by atoms with Crippen LogP contribution in [0.25, 0.3) is 12.2 Å². The fraction of sp³-hybridized carbons (Fsp3) is 0.125. The second-order valence-corrected chi connectivity index (χ2v) is 3.97. The van der Waals surface area contributed by atoms with Crippen molar-refractivity contribution in [2.75, 3.05) is 14.1 Å². The number of hydrogen-bond acceptors (Lipinski definition) is 3. The van der Waals surface area contributed by atoms with Crippen molar-refractivity contribution in [2.45, 2.75) is 0 Å². The second-order valence-electron chi connectivity index (χ2n) is 3.97. The Morgan fingerprint density at radius 3 is 2.37 bits per heavy atom. The summed E-state index contributed by atoms with van der Waals surface area (Å²) < 4.78 is 31.1. The summed E-state index contributed by atoms with van der Waals surface area (Å²) in [5.74, 6) is 0.799. The topological polar surface area (TPSA) is 38.7 Å². The molecule has 0 amide bonds. The molecule has 0 atom stereocenters. The number of phenols is 1. The maximum Gasteiger partial charge on any atom is 0.123 e. The van der Waals surface area contributed by atoms with Crippen LogP contribution in [0.1, 0.15) is 15.2 Å². The van der Waals surface area contributed by atoms with Gasteiger partial charge in [0, 0.05) is 6.07 Å².